The summed E-state index contributed by atoms with van der Waals surface area (Å²) >= 11 is 0. The highest BCUT2D eigenvalue weighted by Crippen LogP contribution is 2.16. The maximum Gasteiger partial charge on any atom is 0.329 e. The number of aliphatic hydroxyl groups is 1. The number of imidazole rings is 1. The van der Waals surface area contributed by atoms with Crippen molar-refractivity contribution < 1.29 is 9.84 Å². The number of nitrogens with zero attached hydrogens (tertiary/aromatic N) is 4. The van der Waals surface area contributed by atoms with E-state index >= 15 is 0 Å². The third kappa shape index (κ3) is 4.79. The van der Waals surface area contributed by atoms with Crippen LogP contribution in [-0.4, -0.2) is 49.2 Å². The van der Waals surface area contributed by atoms with Crippen molar-refractivity contribution in [2.75, 3.05) is 12.0 Å². The van der Waals surface area contributed by atoms with Crippen LogP contribution in [0.1, 0.15) is 19.4 Å². The average Bonchev–Trinajstić information content (AvgIpc) is 3.04. The summed E-state index contributed by atoms with van der Waals surface area (Å²) in [6, 6.07) is 9.44. The zero-order chi connectivity index (χ0) is 21.0. The number of aromatic amines is 1. The molecule has 3 N–H and O–H groups in total. The van der Waals surface area contributed by atoms with E-state index in [9.17, 15) is 14.7 Å². The summed E-state index contributed by atoms with van der Waals surface area (Å²) in [6.45, 7) is 3.86. The number of fused-ring (bicyclic) bond motifs is 1. The van der Waals surface area contributed by atoms with Crippen molar-refractivity contribution in [3.63, 3.8) is 0 Å². The minimum atomic E-state index is -0.884. The van der Waals surface area contributed by atoms with Crippen molar-refractivity contribution >= 4 is 23.3 Å². The number of aliphatic hydroxyl groups excluding tert-OH is 1. The molecule has 1 aromatic carbocycles. The zero-order valence-corrected chi connectivity index (χ0v) is 16.5. The maximum atomic E-state index is 12.4. The van der Waals surface area contributed by atoms with E-state index in [0.29, 0.717) is 0 Å². The number of aryl methyl sites for hydroxylation is 1. The van der Waals surface area contributed by atoms with Crippen LogP contribution < -0.4 is 16.7 Å². The molecule has 0 aliphatic carbocycles. The van der Waals surface area contributed by atoms with E-state index in [4.69, 9.17) is 4.74 Å². The Balaban J connectivity index is 1.97. The lowest BCUT2D eigenvalue weighted by atomic mass is 10.2. The molecule has 10 nitrogen and oxygen atoms in total. The monoisotopic (exact) mass is 400 g/mol. The predicted molar refractivity (Wildman–Crippen MR) is 110 cm³/mol. The highest BCUT2D eigenvalue weighted by atomic mass is 16.5. The van der Waals surface area contributed by atoms with Gasteiger partial charge in [0.05, 0.1) is 31.6 Å². The minimum absolute atomic E-state index is 0.0354. The summed E-state index contributed by atoms with van der Waals surface area (Å²) in [5, 5.41) is 14.5. The highest BCUT2D eigenvalue weighted by molar-refractivity contribution is 5.80. The minimum Gasteiger partial charge on any atom is -0.389 e. The lowest BCUT2D eigenvalue weighted by Crippen LogP contribution is -2.30. The van der Waals surface area contributed by atoms with Gasteiger partial charge in [-0.05, 0) is 19.4 Å². The molecule has 1 unspecified atom stereocenters. The number of hydrogen-bond donors (Lipinski definition) is 3. The largest absolute Gasteiger partial charge is 0.389 e. The predicted octanol–water partition coefficient (Wildman–Crippen LogP) is 0.655. The molecule has 3 rings (SSSR count). The molecule has 0 radical (unpaired) electrons. The maximum absolute atomic E-state index is 12.4. The van der Waals surface area contributed by atoms with Gasteiger partial charge in [-0.25, -0.2) is 10.2 Å². The average molecular weight is 400 g/mol. The molecule has 0 saturated heterocycles. The Kier molecular flexibility index (Phi) is 6.25. The number of nitrogens with one attached hydrogen (secondary N) is 2. The molecular weight excluding hydrogens is 376 g/mol. The van der Waals surface area contributed by atoms with Crippen LogP contribution in [0.5, 0.6) is 0 Å². The normalized spacial score (nSPS) is 12.9. The molecule has 1 atom stereocenters. The molecule has 0 aliphatic heterocycles. The fraction of sp³-hybridized carbons (Fsp3) is 0.368. The van der Waals surface area contributed by atoms with Gasteiger partial charge < -0.3 is 14.4 Å². The first-order chi connectivity index (χ1) is 13.9. The molecule has 0 aliphatic rings. The Morgan fingerprint density at radius 2 is 2.03 bits per heavy atom. The molecule has 154 valence electrons. The first-order valence-electron chi connectivity index (χ1n) is 9.20. The fourth-order valence-electron chi connectivity index (χ4n) is 2.77. The van der Waals surface area contributed by atoms with Crippen LogP contribution in [0.3, 0.4) is 0 Å². The summed E-state index contributed by atoms with van der Waals surface area (Å²) in [5.74, 6) is 0.225. The lowest BCUT2D eigenvalue weighted by molar-refractivity contribution is -0.000105. The van der Waals surface area contributed by atoms with Crippen molar-refractivity contribution in [3.05, 3.63) is 56.7 Å². The van der Waals surface area contributed by atoms with E-state index in [1.54, 1.807) is 6.21 Å². The van der Waals surface area contributed by atoms with Crippen LogP contribution in [0.2, 0.25) is 0 Å². The molecule has 0 spiro atoms. The second-order valence-electron chi connectivity index (χ2n) is 6.85. The number of anilines is 1. The van der Waals surface area contributed by atoms with Gasteiger partial charge in [-0.3, -0.25) is 14.3 Å². The molecule has 2 aromatic heterocycles. The molecular formula is C19H24N6O4. The molecule has 0 bridgehead atoms. The van der Waals surface area contributed by atoms with Crippen LogP contribution in [0.4, 0.5) is 5.95 Å². The van der Waals surface area contributed by atoms with Crippen molar-refractivity contribution in [3.8, 4) is 0 Å². The second kappa shape index (κ2) is 8.84. The lowest BCUT2D eigenvalue weighted by Gasteiger charge is -2.15. The van der Waals surface area contributed by atoms with Crippen LogP contribution in [0.15, 0.2) is 45.0 Å². The van der Waals surface area contributed by atoms with E-state index in [2.05, 4.69) is 20.5 Å². The van der Waals surface area contributed by atoms with Gasteiger partial charge in [-0.1, -0.05) is 30.3 Å². The van der Waals surface area contributed by atoms with E-state index in [-0.39, 0.29) is 36.4 Å². The van der Waals surface area contributed by atoms with Crippen LogP contribution in [0, 0.1) is 0 Å². The van der Waals surface area contributed by atoms with Crippen molar-refractivity contribution in [1.82, 2.24) is 19.1 Å². The summed E-state index contributed by atoms with van der Waals surface area (Å²) < 4.78 is 8.16. The molecule has 10 heteroatoms. The summed E-state index contributed by atoms with van der Waals surface area (Å²) in [4.78, 5) is 30.9. The number of H-pyrrole nitrogens is 1. The van der Waals surface area contributed by atoms with Gasteiger partial charge in [-0.15, -0.1) is 0 Å². The number of ether oxygens (including phenoxy) is 1. The van der Waals surface area contributed by atoms with E-state index in [1.165, 1.54) is 16.2 Å². The standard InChI is InChI=1S/C19H24N6O4/c1-12(2)29-11-14(26)10-25-15-16(24(3)19(28)22-17(15)27)21-18(25)23-20-9-13-7-5-4-6-8-13/h4-9,12,14,26H,10-11H2,1-3H3,(H,21,23)(H,22,27,28)/b20-9+. The Bertz CT molecular complexity index is 1110. The number of hydrazone groups is 1. The highest BCUT2D eigenvalue weighted by Gasteiger charge is 2.19. The van der Waals surface area contributed by atoms with Crippen molar-refractivity contribution in [2.24, 2.45) is 12.1 Å². The molecule has 3 aromatic rings. The van der Waals surface area contributed by atoms with Gasteiger partial charge in [0.2, 0.25) is 5.95 Å². The Hall–Kier alpha value is -3.24. The molecule has 29 heavy (non-hydrogen) atoms. The zero-order valence-electron chi connectivity index (χ0n) is 16.5. The van der Waals surface area contributed by atoms with Gasteiger partial charge >= 0.3 is 5.69 Å². The quantitative estimate of drug-likeness (QED) is 0.377. The summed E-state index contributed by atoms with van der Waals surface area (Å²) in [5.41, 5.74) is 2.85. The van der Waals surface area contributed by atoms with Crippen LogP contribution in [-0.2, 0) is 18.3 Å². The third-order valence-electron chi connectivity index (χ3n) is 4.20. The van der Waals surface area contributed by atoms with Gasteiger partial charge in [0, 0.05) is 7.05 Å². The molecule has 0 amide bonds. The van der Waals surface area contributed by atoms with Crippen LogP contribution in [0.25, 0.3) is 11.2 Å². The van der Waals surface area contributed by atoms with Gasteiger partial charge in [0.25, 0.3) is 5.56 Å². The summed E-state index contributed by atoms with van der Waals surface area (Å²) in [7, 11) is 1.51. The Morgan fingerprint density at radius 1 is 1.31 bits per heavy atom. The number of hydrogen-bond acceptors (Lipinski definition) is 7. The van der Waals surface area contributed by atoms with Crippen molar-refractivity contribution in [2.45, 2.75) is 32.6 Å². The van der Waals surface area contributed by atoms with Gasteiger partial charge in [-0.2, -0.15) is 10.1 Å². The molecule has 0 fully saturated rings. The Morgan fingerprint density at radius 3 is 2.72 bits per heavy atom. The SMILES string of the molecule is CC(C)OCC(O)Cn1c(N/N=C/c2ccccc2)nc2c1c(=O)[nH]c(=O)n2C. The van der Waals surface area contributed by atoms with Crippen LogP contribution >= 0.6 is 0 Å². The number of benzene rings is 1. The Labute approximate surface area is 166 Å². The van der Waals surface area contributed by atoms with E-state index < -0.39 is 17.4 Å². The second-order valence-corrected chi connectivity index (χ2v) is 6.85. The summed E-state index contributed by atoms with van der Waals surface area (Å²) in [6.07, 6.45) is 0.678. The first kappa shape index (κ1) is 20.5. The molecule has 2 heterocycles. The number of aromatic nitrogens is 4. The topological polar surface area (TPSA) is 127 Å². The van der Waals surface area contributed by atoms with E-state index in [0.717, 1.165) is 5.56 Å². The first-order valence-corrected chi connectivity index (χ1v) is 9.20. The van der Waals surface area contributed by atoms with E-state index in [1.807, 2.05) is 44.2 Å². The number of rotatable bonds is 8. The molecule has 0 saturated carbocycles. The van der Waals surface area contributed by atoms with Gasteiger partial charge in [0.1, 0.15) is 0 Å². The smallest absolute Gasteiger partial charge is 0.329 e. The fourth-order valence-corrected chi connectivity index (χ4v) is 2.77. The van der Waals surface area contributed by atoms with Crippen molar-refractivity contribution in [1.29, 1.82) is 0 Å². The van der Waals surface area contributed by atoms with Gasteiger partial charge in [0.15, 0.2) is 11.2 Å². The third-order valence-corrected chi connectivity index (χ3v) is 4.20.